The van der Waals surface area contributed by atoms with Crippen LogP contribution in [-0.4, -0.2) is 22.5 Å². The highest BCUT2D eigenvalue weighted by Crippen LogP contribution is 2.36. The number of primary amides is 1. The van der Waals surface area contributed by atoms with Gasteiger partial charge in [-0.25, -0.2) is 9.97 Å². The molecule has 3 aromatic rings. The lowest BCUT2D eigenvalue weighted by Crippen LogP contribution is -2.11. The van der Waals surface area contributed by atoms with Crippen LogP contribution < -0.4 is 15.8 Å². The third-order valence-electron chi connectivity index (χ3n) is 3.78. The molecule has 0 atom stereocenters. The number of thiophene rings is 1. The Morgan fingerprint density at radius 3 is 2.83 bits per heavy atom. The fourth-order valence-corrected chi connectivity index (χ4v) is 3.46. The average Bonchev–Trinajstić information content (AvgIpc) is 2.85. The summed E-state index contributed by atoms with van der Waals surface area (Å²) in [6.45, 7) is 6.49. The molecular weight excluding hydrogens is 324 g/mol. The van der Waals surface area contributed by atoms with E-state index in [9.17, 15) is 4.79 Å². The molecule has 0 unspecified atom stereocenters. The van der Waals surface area contributed by atoms with Crippen molar-refractivity contribution in [3.8, 4) is 5.75 Å². The molecule has 0 saturated heterocycles. The maximum Gasteiger partial charge on any atom is 0.248 e. The summed E-state index contributed by atoms with van der Waals surface area (Å²) in [5, 5.41) is 4.30. The second-order valence-electron chi connectivity index (χ2n) is 5.32. The number of hydrogen-bond acceptors (Lipinski definition) is 6. The molecule has 3 rings (SSSR count). The van der Waals surface area contributed by atoms with Crippen molar-refractivity contribution in [3.63, 3.8) is 0 Å². The smallest absolute Gasteiger partial charge is 0.248 e. The van der Waals surface area contributed by atoms with E-state index < -0.39 is 5.91 Å². The first-order chi connectivity index (χ1) is 11.5. The number of carbonyl (C=O) groups is 1. The van der Waals surface area contributed by atoms with Gasteiger partial charge in [-0.1, -0.05) is 0 Å². The van der Waals surface area contributed by atoms with Crippen LogP contribution in [0.15, 0.2) is 24.5 Å². The molecule has 1 aromatic carbocycles. The molecule has 124 valence electrons. The Hall–Kier alpha value is -2.67. The van der Waals surface area contributed by atoms with Gasteiger partial charge in [0.1, 0.15) is 22.7 Å². The van der Waals surface area contributed by atoms with E-state index in [-0.39, 0.29) is 0 Å². The fraction of sp³-hybridized carbons (Fsp3) is 0.235. The van der Waals surface area contributed by atoms with Gasteiger partial charge in [0.05, 0.1) is 17.7 Å². The number of anilines is 2. The number of nitrogens with one attached hydrogen (secondary N) is 1. The zero-order valence-electron chi connectivity index (χ0n) is 13.7. The first kappa shape index (κ1) is 16.2. The summed E-state index contributed by atoms with van der Waals surface area (Å²) in [6.07, 6.45) is 1.54. The summed E-state index contributed by atoms with van der Waals surface area (Å²) in [6, 6.07) is 5.07. The van der Waals surface area contributed by atoms with Gasteiger partial charge < -0.3 is 15.8 Å². The summed E-state index contributed by atoms with van der Waals surface area (Å²) in [5.41, 5.74) is 7.63. The van der Waals surface area contributed by atoms with Gasteiger partial charge in [0.2, 0.25) is 5.91 Å². The summed E-state index contributed by atoms with van der Waals surface area (Å²) < 4.78 is 5.64. The van der Waals surface area contributed by atoms with E-state index in [4.69, 9.17) is 10.5 Å². The predicted molar refractivity (Wildman–Crippen MR) is 96.3 cm³/mol. The number of aromatic nitrogens is 2. The van der Waals surface area contributed by atoms with Gasteiger partial charge in [-0.15, -0.1) is 11.3 Å². The van der Waals surface area contributed by atoms with E-state index in [2.05, 4.69) is 29.1 Å². The Labute approximate surface area is 143 Å². The van der Waals surface area contributed by atoms with Crippen LogP contribution in [0.4, 0.5) is 11.5 Å². The molecule has 2 heterocycles. The summed E-state index contributed by atoms with van der Waals surface area (Å²) in [7, 11) is 0. The lowest BCUT2D eigenvalue weighted by atomic mass is 10.1. The van der Waals surface area contributed by atoms with Crippen molar-refractivity contribution >= 4 is 39.0 Å². The van der Waals surface area contributed by atoms with E-state index >= 15 is 0 Å². The van der Waals surface area contributed by atoms with Crippen molar-refractivity contribution in [2.24, 2.45) is 5.73 Å². The van der Waals surface area contributed by atoms with Gasteiger partial charge in [0.15, 0.2) is 0 Å². The molecule has 0 radical (unpaired) electrons. The Morgan fingerprint density at radius 1 is 1.33 bits per heavy atom. The molecule has 0 fully saturated rings. The van der Waals surface area contributed by atoms with Crippen LogP contribution in [-0.2, 0) is 0 Å². The molecule has 2 aromatic heterocycles. The van der Waals surface area contributed by atoms with Crippen LogP contribution >= 0.6 is 11.3 Å². The number of aryl methyl sites for hydroxylation is 2. The summed E-state index contributed by atoms with van der Waals surface area (Å²) in [5.74, 6) is 0.788. The zero-order valence-corrected chi connectivity index (χ0v) is 14.5. The zero-order chi connectivity index (χ0) is 17.3. The molecule has 24 heavy (non-hydrogen) atoms. The topological polar surface area (TPSA) is 90.1 Å². The molecule has 3 N–H and O–H groups in total. The second-order valence-corrected chi connectivity index (χ2v) is 6.52. The van der Waals surface area contributed by atoms with Crippen molar-refractivity contribution < 1.29 is 9.53 Å². The minimum atomic E-state index is -0.490. The van der Waals surface area contributed by atoms with Gasteiger partial charge in [-0.05, 0) is 44.5 Å². The standard InChI is InChI=1S/C17H18N4O2S/c1-4-23-13-7-11(15(18)22)5-6-12(13)21-16-14-9(2)10(3)24-17(14)20-8-19-16/h5-8H,4H2,1-3H3,(H2,18,22)(H,19,20,21). The van der Waals surface area contributed by atoms with Crippen molar-refractivity contribution in [2.75, 3.05) is 11.9 Å². The minimum absolute atomic E-state index is 0.402. The van der Waals surface area contributed by atoms with Gasteiger partial charge in [-0.2, -0.15) is 0 Å². The van der Waals surface area contributed by atoms with E-state index in [1.807, 2.05) is 6.92 Å². The van der Waals surface area contributed by atoms with Crippen LogP contribution in [0.25, 0.3) is 10.2 Å². The lowest BCUT2D eigenvalue weighted by molar-refractivity contribution is 0.1000. The lowest BCUT2D eigenvalue weighted by Gasteiger charge is -2.13. The number of fused-ring (bicyclic) bond motifs is 1. The van der Waals surface area contributed by atoms with Crippen molar-refractivity contribution in [1.29, 1.82) is 0 Å². The molecule has 7 heteroatoms. The van der Waals surface area contributed by atoms with Gasteiger partial charge in [-0.3, -0.25) is 4.79 Å². The van der Waals surface area contributed by atoms with Crippen molar-refractivity contribution in [1.82, 2.24) is 9.97 Å². The Morgan fingerprint density at radius 2 is 2.12 bits per heavy atom. The fourth-order valence-electron chi connectivity index (χ4n) is 2.46. The van der Waals surface area contributed by atoms with Crippen molar-refractivity contribution in [3.05, 3.63) is 40.5 Å². The van der Waals surface area contributed by atoms with E-state index in [0.29, 0.717) is 17.9 Å². The van der Waals surface area contributed by atoms with E-state index in [0.717, 1.165) is 27.3 Å². The quantitative estimate of drug-likeness (QED) is 0.740. The number of nitrogens with two attached hydrogens (primary N) is 1. The molecule has 0 spiro atoms. The molecule has 0 aliphatic heterocycles. The molecule has 0 bridgehead atoms. The first-order valence-corrected chi connectivity index (χ1v) is 8.37. The van der Waals surface area contributed by atoms with Crippen LogP contribution in [0.2, 0.25) is 0 Å². The van der Waals surface area contributed by atoms with Crippen LogP contribution in [0.5, 0.6) is 5.75 Å². The normalized spacial score (nSPS) is 10.8. The third kappa shape index (κ3) is 2.90. The van der Waals surface area contributed by atoms with E-state index in [1.54, 1.807) is 29.5 Å². The van der Waals surface area contributed by atoms with Gasteiger partial charge in [0.25, 0.3) is 0 Å². The summed E-state index contributed by atoms with van der Waals surface area (Å²) in [4.78, 5) is 22.2. The number of ether oxygens (including phenoxy) is 1. The molecule has 6 nitrogen and oxygen atoms in total. The highest BCUT2D eigenvalue weighted by Gasteiger charge is 2.14. The molecular formula is C17H18N4O2S. The van der Waals surface area contributed by atoms with E-state index in [1.165, 1.54) is 11.2 Å². The van der Waals surface area contributed by atoms with Crippen LogP contribution in [0, 0.1) is 13.8 Å². The maximum absolute atomic E-state index is 11.4. The molecule has 0 aliphatic rings. The summed E-state index contributed by atoms with van der Waals surface area (Å²) >= 11 is 1.64. The van der Waals surface area contributed by atoms with Crippen LogP contribution in [0.3, 0.4) is 0 Å². The first-order valence-electron chi connectivity index (χ1n) is 7.55. The van der Waals surface area contributed by atoms with Gasteiger partial charge in [0, 0.05) is 10.4 Å². The Bertz CT molecular complexity index is 920. The highest BCUT2D eigenvalue weighted by atomic mass is 32.1. The molecule has 1 amide bonds. The number of carbonyl (C=O) groups excluding carboxylic acids is 1. The molecule has 0 saturated carbocycles. The SMILES string of the molecule is CCOc1cc(C(N)=O)ccc1Nc1ncnc2sc(C)c(C)c12. The number of nitrogens with zero attached hydrogens (tertiary/aromatic N) is 2. The van der Waals surface area contributed by atoms with Gasteiger partial charge >= 0.3 is 0 Å². The van der Waals surface area contributed by atoms with Crippen molar-refractivity contribution in [2.45, 2.75) is 20.8 Å². The number of hydrogen-bond donors (Lipinski definition) is 2. The average molecular weight is 342 g/mol. The maximum atomic E-state index is 11.4. The van der Waals surface area contributed by atoms with Crippen LogP contribution in [0.1, 0.15) is 27.7 Å². The third-order valence-corrected chi connectivity index (χ3v) is 4.90. The number of benzene rings is 1. The Balaban J connectivity index is 2.07. The predicted octanol–water partition coefficient (Wildman–Crippen LogP) is 3.55. The number of amides is 1. The second kappa shape index (κ2) is 6.45. The highest BCUT2D eigenvalue weighted by molar-refractivity contribution is 7.18. The Kier molecular flexibility index (Phi) is 4.35. The largest absolute Gasteiger partial charge is 0.492 e. The number of rotatable bonds is 5. The molecule has 0 aliphatic carbocycles. The monoisotopic (exact) mass is 342 g/mol. The minimum Gasteiger partial charge on any atom is -0.492 e.